The summed E-state index contributed by atoms with van der Waals surface area (Å²) in [5.41, 5.74) is 0.164. The predicted molar refractivity (Wildman–Crippen MR) is 88.5 cm³/mol. The lowest BCUT2D eigenvalue weighted by atomic mass is 10.1. The van der Waals surface area contributed by atoms with Gasteiger partial charge in [0, 0.05) is 5.39 Å². The number of carboxylic acids is 1. The largest absolute Gasteiger partial charge is 0.476 e. The first-order valence-corrected chi connectivity index (χ1v) is 7.40. The average molecular weight is 349 g/mol. The van der Waals surface area contributed by atoms with Crippen LogP contribution in [0.2, 0.25) is 10.0 Å². The average Bonchev–Trinajstić information content (AvgIpc) is 2.53. The van der Waals surface area contributed by atoms with Crippen molar-refractivity contribution in [1.29, 1.82) is 0 Å². The van der Waals surface area contributed by atoms with Crippen LogP contribution in [0.5, 0.6) is 0 Å². The van der Waals surface area contributed by atoms with Gasteiger partial charge in [-0.3, -0.25) is 4.79 Å². The molecule has 0 aliphatic heterocycles. The summed E-state index contributed by atoms with van der Waals surface area (Å²) in [5.74, 6) is -1.19. The molecule has 0 spiro atoms. The number of benzene rings is 2. The van der Waals surface area contributed by atoms with E-state index < -0.39 is 5.97 Å². The molecule has 0 bridgehead atoms. The van der Waals surface area contributed by atoms with E-state index in [1.54, 1.807) is 42.5 Å². The zero-order chi connectivity index (χ0) is 16.6. The molecular weight excluding hydrogens is 339 g/mol. The minimum atomic E-state index is -1.19. The molecule has 0 unspecified atom stereocenters. The lowest BCUT2D eigenvalue weighted by molar-refractivity contribution is 0.0690. The topological polar surface area (TPSA) is 72.2 Å². The molecule has 1 N–H and O–H groups in total. The van der Waals surface area contributed by atoms with Crippen molar-refractivity contribution in [3.8, 4) is 0 Å². The molecule has 23 heavy (non-hydrogen) atoms. The van der Waals surface area contributed by atoms with Gasteiger partial charge in [0.05, 0.1) is 22.0 Å². The van der Waals surface area contributed by atoms with Gasteiger partial charge < -0.3 is 5.11 Å². The maximum atomic E-state index is 12.5. The number of fused-ring (bicyclic) bond motifs is 1. The van der Waals surface area contributed by atoms with Gasteiger partial charge in [0.15, 0.2) is 5.69 Å². The summed E-state index contributed by atoms with van der Waals surface area (Å²) >= 11 is 11.8. The molecule has 0 atom stereocenters. The van der Waals surface area contributed by atoms with Gasteiger partial charge in [-0.2, -0.15) is 5.10 Å². The van der Waals surface area contributed by atoms with Crippen LogP contribution < -0.4 is 5.56 Å². The van der Waals surface area contributed by atoms with Crippen LogP contribution in [0.15, 0.2) is 47.3 Å². The van der Waals surface area contributed by atoms with Crippen molar-refractivity contribution in [3.05, 3.63) is 74.1 Å². The molecule has 0 aliphatic carbocycles. The molecule has 116 valence electrons. The first-order chi connectivity index (χ1) is 11.0. The Morgan fingerprint density at radius 3 is 2.43 bits per heavy atom. The van der Waals surface area contributed by atoms with Crippen LogP contribution in [-0.2, 0) is 6.54 Å². The van der Waals surface area contributed by atoms with Crippen LogP contribution in [0.1, 0.15) is 16.1 Å². The Balaban J connectivity index is 2.17. The van der Waals surface area contributed by atoms with Gasteiger partial charge >= 0.3 is 5.97 Å². The molecule has 3 aromatic rings. The van der Waals surface area contributed by atoms with Crippen LogP contribution in [0.3, 0.4) is 0 Å². The molecule has 0 saturated carbocycles. The monoisotopic (exact) mass is 348 g/mol. The number of nitrogens with zero attached hydrogens (tertiary/aromatic N) is 2. The minimum absolute atomic E-state index is 0.0981. The SMILES string of the molecule is O=C(O)c1nn(Cc2ccc(Cl)c(Cl)c2)c(=O)c2ccccc12. The lowest BCUT2D eigenvalue weighted by Gasteiger charge is -2.09. The van der Waals surface area contributed by atoms with Gasteiger partial charge in [-0.05, 0) is 23.8 Å². The van der Waals surface area contributed by atoms with E-state index in [0.717, 1.165) is 4.68 Å². The van der Waals surface area contributed by atoms with E-state index in [9.17, 15) is 14.7 Å². The summed E-state index contributed by atoms with van der Waals surface area (Å²) < 4.78 is 1.12. The number of halogens is 2. The zero-order valence-electron chi connectivity index (χ0n) is 11.7. The number of hydrogen-bond donors (Lipinski definition) is 1. The molecule has 3 rings (SSSR count). The third-order valence-corrected chi connectivity index (χ3v) is 4.13. The van der Waals surface area contributed by atoms with Crippen LogP contribution in [0.25, 0.3) is 10.8 Å². The zero-order valence-corrected chi connectivity index (χ0v) is 13.2. The fourth-order valence-corrected chi connectivity index (χ4v) is 2.63. The Kier molecular flexibility index (Phi) is 4.07. The summed E-state index contributed by atoms with van der Waals surface area (Å²) in [5, 5.41) is 14.7. The Morgan fingerprint density at radius 1 is 1.09 bits per heavy atom. The van der Waals surface area contributed by atoms with Crippen molar-refractivity contribution in [2.75, 3.05) is 0 Å². The van der Waals surface area contributed by atoms with Crippen molar-refractivity contribution in [2.24, 2.45) is 0 Å². The van der Waals surface area contributed by atoms with Gasteiger partial charge in [0.1, 0.15) is 0 Å². The second-order valence-electron chi connectivity index (χ2n) is 4.91. The summed E-state index contributed by atoms with van der Waals surface area (Å²) in [4.78, 5) is 23.9. The van der Waals surface area contributed by atoms with Crippen LogP contribution in [0, 0.1) is 0 Å². The highest BCUT2D eigenvalue weighted by Crippen LogP contribution is 2.23. The summed E-state index contributed by atoms with van der Waals surface area (Å²) in [7, 11) is 0. The molecule has 7 heteroatoms. The van der Waals surface area contributed by atoms with Gasteiger partial charge in [0.2, 0.25) is 0 Å². The third-order valence-electron chi connectivity index (χ3n) is 3.39. The predicted octanol–water partition coefficient (Wildman–Crippen LogP) is 3.45. The molecule has 5 nitrogen and oxygen atoms in total. The smallest absolute Gasteiger partial charge is 0.357 e. The molecule has 2 aromatic carbocycles. The maximum absolute atomic E-state index is 12.5. The maximum Gasteiger partial charge on any atom is 0.357 e. The second kappa shape index (κ2) is 6.02. The third kappa shape index (κ3) is 2.93. The van der Waals surface area contributed by atoms with Crippen molar-refractivity contribution in [1.82, 2.24) is 9.78 Å². The van der Waals surface area contributed by atoms with E-state index in [-0.39, 0.29) is 17.8 Å². The molecule has 0 saturated heterocycles. The van der Waals surface area contributed by atoms with E-state index in [0.29, 0.717) is 26.4 Å². The molecule has 0 radical (unpaired) electrons. The van der Waals surface area contributed by atoms with Gasteiger partial charge in [0.25, 0.3) is 5.56 Å². The lowest BCUT2D eigenvalue weighted by Crippen LogP contribution is -2.26. The fourth-order valence-electron chi connectivity index (χ4n) is 2.31. The van der Waals surface area contributed by atoms with Crippen LogP contribution >= 0.6 is 23.2 Å². The normalized spacial score (nSPS) is 10.9. The minimum Gasteiger partial charge on any atom is -0.476 e. The molecular formula is C16H10Cl2N2O3. The molecule has 0 fully saturated rings. The standard InChI is InChI=1S/C16H10Cl2N2O3/c17-12-6-5-9(7-13(12)18)8-20-15(21)11-4-2-1-3-10(11)14(19-20)16(22)23/h1-7H,8H2,(H,22,23). The number of carbonyl (C=O) groups is 1. The van der Waals surface area contributed by atoms with E-state index in [1.165, 1.54) is 0 Å². The number of carboxylic acid groups (broad SMARTS) is 1. The Hall–Kier alpha value is -2.37. The van der Waals surface area contributed by atoms with E-state index >= 15 is 0 Å². The Bertz CT molecular complexity index is 983. The highest BCUT2D eigenvalue weighted by molar-refractivity contribution is 6.42. The van der Waals surface area contributed by atoms with Crippen molar-refractivity contribution in [2.45, 2.75) is 6.54 Å². The molecule has 1 heterocycles. The highest BCUT2D eigenvalue weighted by Gasteiger charge is 2.15. The van der Waals surface area contributed by atoms with E-state index in [1.807, 2.05) is 0 Å². The van der Waals surface area contributed by atoms with E-state index in [2.05, 4.69) is 5.10 Å². The van der Waals surface area contributed by atoms with Gasteiger partial charge in [-0.1, -0.05) is 47.5 Å². The quantitative estimate of drug-likeness (QED) is 0.786. The Labute approximate surface area is 140 Å². The fraction of sp³-hybridized carbons (Fsp3) is 0.0625. The summed E-state index contributed by atoms with van der Waals surface area (Å²) in [6.07, 6.45) is 0. The number of rotatable bonds is 3. The number of aromatic carboxylic acids is 1. The van der Waals surface area contributed by atoms with Gasteiger partial charge in [-0.25, -0.2) is 9.48 Å². The summed E-state index contributed by atoms with van der Waals surface area (Å²) in [6, 6.07) is 11.4. The number of hydrogen-bond acceptors (Lipinski definition) is 3. The van der Waals surface area contributed by atoms with Crippen molar-refractivity contribution < 1.29 is 9.90 Å². The first-order valence-electron chi connectivity index (χ1n) is 6.64. The van der Waals surface area contributed by atoms with Gasteiger partial charge in [-0.15, -0.1) is 0 Å². The van der Waals surface area contributed by atoms with E-state index in [4.69, 9.17) is 23.2 Å². The van der Waals surface area contributed by atoms with Crippen molar-refractivity contribution >= 4 is 39.9 Å². The molecule has 0 amide bonds. The Morgan fingerprint density at radius 2 is 1.78 bits per heavy atom. The molecule has 0 aliphatic rings. The van der Waals surface area contributed by atoms with Crippen molar-refractivity contribution in [3.63, 3.8) is 0 Å². The van der Waals surface area contributed by atoms with Crippen LogP contribution in [0.4, 0.5) is 0 Å². The molecule has 1 aromatic heterocycles. The number of aromatic nitrogens is 2. The summed E-state index contributed by atoms with van der Waals surface area (Å²) in [6.45, 7) is 0.0981. The van der Waals surface area contributed by atoms with Crippen LogP contribution in [-0.4, -0.2) is 20.9 Å². The first kappa shape index (κ1) is 15.5. The second-order valence-corrected chi connectivity index (χ2v) is 5.73. The highest BCUT2D eigenvalue weighted by atomic mass is 35.5.